The van der Waals surface area contributed by atoms with E-state index in [0.717, 1.165) is 4.47 Å². The zero-order valence-corrected chi connectivity index (χ0v) is 12.2. The van der Waals surface area contributed by atoms with Crippen molar-refractivity contribution in [1.82, 2.24) is 5.32 Å². The Hall–Kier alpha value is -2.08. The molecule has 1 aromatic carbocycles. The molecular weight excluding hydrogens is 326 g/mol. The predicted molar refractivity (Wildman–Crippen MR) is 75.3 cm³/mol. The molecule has 5 nitrogen and oxygen atoms in total. The van der Waals surface area contributed by atoms with Gasteiger partial charge in [-0.2, -0.15) is 0 Å². The van der Waals surface area contributed by atoms with E-state index in [4.69, 9.17) is 4.42 Å². The predicted octanol–water partition coefficient (Wildman–Crippen LogP) is 2.77. The Morgan fingerprint density at radius 3 is 2.65 bits per heavy atom. The lowest BCUT2D eigenvalue weighted by Gasteiger charge is -2.26. The Kier molecular flexibility index (Phi) is 3.94. The number of benzene rings is 1. The van der Waals surface area contributed by atoms with Gasteiger partial charge in [0.25, 0.3) is 5.91 Å². The lowest BCUT2D eigenvalue weighted by atomic mass is 9.92. The van der Waals surface area contributed by atoms with E-state index in [1.165, 1.54) is 25.5 Å². The maximum Gasteiger partial charge on any atom is 0.333 e. The lowest BCUT2D eigenvalue weighted by molar-refractivity contribution is -0.144. The number of rotatable bonds is 4. The SMILES string of the molecule is CC(NC(=O)c1ccoc1)(C(=O)O)c1cccc(Br)c1. The van der Waals surface area contributed by atoms with Crippen LogP contribution >= 0.6 is 15.9 Å². The van der Waals surface area contributed by atoms with Gasteiger partial charge in [-0.3, -0.25) is 4.79 Å². The maximum absolute atomic E-state index is 12.0. The van der Waals surface area contributed by atoms with Crippen LogP contribution in [-0.4, -0.2) is 17.0 Å². The number of hydrogen-bond acceptors (Lipinski definition) is 3. The third-order valence-corrected chi connectivity index (χ3v) is 3.47. The Morgan fingerprint density at radius 2 is 2.10 bits per heavy atom. The van der Waals surface area contributed by atoms with Crippen molar-refractivity contribution in [1.29, 1.82) is 0 Å². The maximum atomic E-state index is 12.0. The first kappa shape index (κ1) is 14.3. The van der Waals surface area contributed by atoms with E-state index in [2.05, 4.69) is 21.2 Å². The monoisotopic (exact) mass is 337 g/mol. The molecule has 0 saturated heterocycles. The van der Waals surface area contributed by atoms with Gasteiger partial charge >= 0.3 is 5.97 Å². The molecule has 2 aromatic rings. The number of hydrogen-bond donors (Lipinski definition) is 2. The van der Waals surface area contributed by atoms with E-state index in [1.54, 1.807) is 24.3 Å². The largest absolute Gasteiger partial charge is 0.479 e. The van der Waals surface area contributed by atoms with Crippen LogP contribution < -0.4 is 5.32 Å². The average molecular weight is 338 g/mol. The molecule has 0 fully saturated rings. The van der Waals surface area contributed by atoms with Gasteiger partial charge in [-0.15, -0.1) is 0 Å². The van der Waals surface area contributed by atoms with Crippen molar-refractivity contribution in [3.8, 4) is 0 Å². The van der Waals surface area contributed by atoms with Crippen molar-refractivity contribution in [3.05, 3.63) is 58.5 Å². The second kappa shape index (κ2) is 5.50. The first-order valence-corrected chi connectivity index (χ1v) is 6.57. The van der Waals surface area contributed by atoms with Crippen LogP contribution in [-0.2, 0) is 10.3 Å². The molecule has 104 valence electrons. The molecule has 1 atom stereocenters. The highest BCUT2D eigenvalue weighted by atomic mass is 79.9. The summed E-state index contributed by atoms with van der Waals surface area (Å²) >= 11 is 3.29. The van der Waals surface area contributed by atoms with Crippen molar-refractivity contribution in [2.75, 3.05) is 0 Å². The summed E-state index contributed by atoms with van der Waals surface area (Å²) in [7, 11) is 0. The normalized spacial score (nSPS) is 13.5. The van der Waals surface area contributed by atoms with Gasteiger partial charge in [0.15, 0.2) is 5.54 Å². The van der Waals surface area contributed by atoms with Crippen LogP contribution in [0.4, 0.5) is 0 Å². The van der Waals surface area contributed by atoms with E-state index >= 15 is 0 Å². The quantitative estimate of drug-likeness (QED) is 0.898. The van der Waals surface area contributed by atoms with Crippen molar-refractivity contribution < 1.29 is 19.1 Å². The minimum absolute atomic E-state index is 0.271. The van der Waals surface area contributed by atoms with Gasteiger partial charge in [-0.1, -0.05) is 28.1 Å². The van der Waals surface area contributed by atoms with Gasteiger partial charge in [0.05, 0.1) is 11.8 Å². The van der Waals surface area contributed by atoms with Gasteiger partial charge in [0.2, 0.25) is 0 Å². The van der Waals surface area contributed by atoms with Gasteiger partial charge in [0, 0.05) is 4.47 Å². The molecule has 1 amide bonds. The molecule has 0 spiro atoms. The molecule has 0 aliphatic heterocycles. The number of carbonyl (C=O) groups is 2. The summed E-state index contributed by atoms with van der Waals surface area (Å²) in [4.78, 5) is 23.6. The standard InChI is InChI=1S/C14H12BrNO4/c1-14(13(18)19,10-3-2-4-11(15)7-10)16-12(17)9-5-6-20-8-9/h2-8H,1H3,(H,16,17)(H,18,19). The minimum Gasteiger partial charge on any atom is -0.479 e. The molecular formula is C14H12BrNO4. The smallest absolute Gasteiger partial charge is 0.333 e. The molecule has 1 heterocycles. The fourth-order valence-corrected chi connectivity index (χ4v) is 2.14. The fourth-order valence-electron chi connectivity index (χ4n) is 1.74. The van der Waals surface area contributed by atoms with Crippen LogP contribution in [0.1, 0.15) is 22.8 Å². The second-order valence-electron chi connectivity index (χ2n) is 4.41. The van der Waals surface area contributed by atoms with Crippen molar-refractivity contribution >= 4 is 27.8 Å². The molecule has 6 heteroatoms. The zero-order chi connectivity index (χ0) is 14.8. The number of carboxylic acids is 1. The zero-order valence-electron chi connectivity index (χ0n) is 10.6. The van der Waals surface area contributed by atoms with Gasteiger partial charge < -0.3 is 14.8 Å². The highest BCUT2D eigenvalue weighted by molar-refractivity contribution is 9.10. The molecule has 0 bridgehead atoms. The first-order chi connectivity index (χ1) is 9.43. The Labute approximate surface area is 123 Å². The number of nitrogens with one attached hydrogen (secondary N) is 1. The van der Waals surface area contributed by atoms with Crippen molar-refractivity contribution in [3.63, 3.8) is 0 Å². The van der Waals surface area contributed by atoms with Crippen molar-refractivity contribution in [2.45, 2.75) is 12.5 Å². The van der Waals surface area contributed by atoms with Crippen LogP contribution in [0.5, 0.6) is 0 Å². The lowest BCUT2D eigenvalue weighted by Crippen LogP contribution is -2.49. The second-order valence-corrected chi connectivity index (χ2v) is 5.32. The molecule has 2 rings (SSSR count). The average Bonchev–Trinajstić information content (AvgIpc) is 2.92. The summed E-state index contributed by atoms with van der Waals surface area (Å²) in [5.74, 6) is -1.66. The fraction of sp³-hybridized carbons (Fsp3) is 0.143. The summed E-state index contributed by atoms with van der Waals surface area (Å²) in [5, 5.41) is 12.0. The van der Waals surface area contributed by atoms with E-state index in [0.29, 0.717) is 5.56 Å². The number of amides is 1. The molecule has 0 radical (unpaired) electrons. The topological polar surface area (TPSA) is 79.5 Å². The third-order valence-electron chi connectivity index (χ3n) is 2.98. The number of carbonyl (C=O) groups excluding carboxylic acids is 1. The molecule has 0 aliphatic carbocycles. The first-order valence-electron chi connectivity index (χ1n) is 5.77. The molecule has 1 aromatic heterocycles. The number of carboxylic acid groups (broad SMARTS) is 1. The molecule has 0 aliphatic rings. The molecule has 0 saturated carbocycles. The number of aliphatic carboxylic acids is 1. The summed E-state index contributed by atoms with van der Waals surface area (Å²) < 4.78 is 5.56. The molecule has 2 N–H and O–H groups in total. The van der Waals surface area contributed by atoms with Crippen LogP contribution in [0.2, 0.25) is 0 Å². The van der Waals surface area contributed by atoms with E-state index in [9.17, 15) is 14.7 Å². The Balaban J connectivity index is 2.35. The highest BCUT2D eigenvalue weighted by Gasteiger charge is 2.37. The van der Waals surface area contributed by atoms with E-state index < -0.39 is 17.4 Å². The summed E-state index contributed by atoms with van der Waals surface area (Å²) in [6.45, 7) is 1.44. The summed E-state index contributed by atoms with van der Waals surface area (Å²) in [6, 6.07) is 8.27. The third kappa shape index (κ3) is 2.75. The van der Waals surface area contributed by atoms with Gasteiger partial charge in [-0.25, -0.2) is 4.79 Å². The van der Waals surface area contributed by atoms with Gasteiger partial charge in [-0.05, 0) is 30.7 Å². The summed E-state index contributed by atoms with van der Waals surface area (Å²) in [6.07, 6.45) is 2.62. The highest BCUT2D eigenvalue weighted by Crippen LogP contribution is 2.25. The van der Waals surface area contributed by atoms with E-state index in [1.807, 2.05) is 0 Å². The Bertz CT molecular complexity index is 638. The van der Waals surface area contributed by atoms with Crippen LogP contribution in [0.15, 0.2) is 51.7 Å². The van der Waals surface area contributed by atoms with Crippen LogP contribution in [0.3, 0.4) is 0 Å². The van der Waals surface area contributed by atoms with E-state index in [-0.39, 0.29) is 5.56 Å². The summed E-state index contributed by atoms with van der Waals surface area (Å²) in [5.41, 5.74) is -0.790. The van der Waals surface area contributed by atoms with Gasteiger partial charge in [0.1, 0.15) is 6.26 Å². The van der Waals surface area contributed by atoms with Crippen LogP contribution in [0, 0.1) is 0 Å². The Morgan fingerprint density at radius 1 is 1.35 bits per heavy atom. The molecule has 1 unspecified atom stereocenters. The van der Waals surface area contributed by atoms with Crippen LogP contribution in [0.25, 0.3) is 0 Å². The molecule has 20 heavy (non-hydrogen) atoms. The minimum atomic E-state index is -1.53. The number of furan rings is 1. The number of halogens is 1. The van der Waals surface area contributed by atoms with Crippen molar-refractivity contribution in [2.24, 2.45) is 0 Å².